The molecule has 7 nitrogen and oxygen atoms in total. The number of halogens is 3. The Morgan fingerprint density at radius 2 is 1.97 bits per heavy atom. The summed E-state index contributed by atoms with van der Waals surface area (Å²) in [5.74, 6) is 0.186. The minimum absolute atomic E-state index is 0.0714. The largest absolute Gasteiger partial charge is 0.419 e. The van der Waals surface area contributed by atoms with E-state index in [1.807, 2.05) is 18.2 Å². The Balaban J connectivity index is 1.61. The molecule has 0 bridgehead atoms. The molecule has 0 aliphatic carbocycles. The van der Waals surface area contributed by atoms with Crippen molar-refractivity contribution in [1.82, 2.24) is 30.5 Å². The summed E-state index contributed by atoms with van der Waals surface area (Å²) in [5, 5.41) is 14.7. The monoisotopic (exact) mass is 439 g/mol. The number of alkyl halides is 3. The Morgan fingerprint density at radius 3 is 2.72 bits per heavy atom. The SMILES string of the molecule is FC(F)(F)c1cnc(N[C@H]2CCCNC2)nc1-c1c[nH]c2ccc(-c3ccnnc3)cc12. The van der Waals surface area contributed by atoms with E-state index in [1.54, 1.807) is 24.7 Å². The van der Waals surface area contributed by atoms with Crippen molar-refractivity contribution in [1.29, 1.82) is 0 Å². The highest BCUT2D eigenvalue weighted by Gasteiger charge is 2.36. The Hall–Kier alpha value is -3.53. The molecular formula is C22H20F3N7. The molecule has 4 heterocycles. The Morgan fingerprint density at radius 1 is 1.06 bits per heavy atom. The van der Waals surface area contributed by atoms with E-state index < -0.39 is 11.7 Å². The molecule has 1 atom stereocenters. The lowest BCUT2D eigenvalue weighted by atomic mass is 10.0. The standard InChI is InChI=1S/C22H20F3N7/c23-22(24,25)18-12-28-21(31-15-2-1-6-26-10-15)32-20(18)17-11-27-19-4-3-13(8-16(17)19)14-5-7-29-30-9-14/h3-5,7-9,11-12,15,26-27H,1-2,6,10H2,(H,28,31,32)/t15-/m0/s1. The second kappa shape index (κ2) is 8.19. The van der Waals surface area contributed by atoms with Gasteiger partial charge in [0.15, 0.2) is 0 Å². The molecule has 0 amide bonds. The normalized spacial score (nSPS) is 16.9. The molecule has 1 aliphatic rings. The van der Waals surface area contributed by atoms with Gasteiger partial charge in [-0.2, -0.15) is 23.4 Å². The lowest BCUT2D eigenvalue weighted by molar-refractivity contribution is -0.137. The quantitative estimate of drug-likeness (QED) is 0.440. The Labute approximate surface area is 181 Å². The average Bonchev–Trinajstić information content (AvgIpc) is 3.23. The van der Waals surface area contributed by atoms with Gasteiger partial charge in [-0.25, -0.2) is 9.97 Å². The summed E-state index contributed by atoms with van der Waals surface area (Å²) >= 11 is 0. The third-order valence-corrected chi connectivity index (χ3v) is 5.58. The molecule has 4 aromatic rings. The van der Waals surface area contributed by atoms with E-state index in [4.69, 9.17) is 0 Å². The molecule has 5 rings (SSSR count). The van der Waals surface area contributed by atoms with Crippen LogP contribution in [0.15, 0.2) is 49.1 Å². The Bertz CT molecular complexity index is 1230. The van der Waals surface area contributed by atoms with Crippen molar-refractivity contribution in [2.75, 3.05) is 18.4 Å². The van der Waals surface area contributed by atoms with Gasteiger partial charge in [0.1, 0.15) is 5.56 Å². The molecule has 1 fully saturated rings. The van der Waals surface area contributed by atoms with Crippen molar-refractivity contribution in [2.45, 2.75) is 25.1 Å². The van der Waals surface area contributed by atoms with Gasteiger partial charge >= 0.3 is 6.18 Å². The first kappa shape index (κ1) is 20.4. The lowest BCUT2D eigenvalue weighted by Gasteiger charge is -2.24. The number of hydrogen-bond donors (Lipinski definition) is 3. The average molecular weight is 439 g/mol. The van der Waals surface area contributed by atoms with Crippen LogP contribution in [0.2, 0.25) is 0 Å². The summed E-state index contributed by atoms with van der Waals surface area (Å²) in [4.78, 5) is 11.3. The van der Waals surface area contributed by atoms with Crippen molar-refractivity contribution in [2.24, 2.45) is 0 Å². The summed E-state index contributed by atoms with van der Waals surface area (Å²) in [6.45, 7) is 1.65. The number of fused-ring (bicyclic) bond motifs is 1. The number of H-pyrrole nitrogens is 1. The fraction of sp³-hybridized carbons (Fsp3) is 0.273. The molecule has 1 saturated heterocycles. The molecule has 0 spiro atoms. The zero-order chi connectivity index (χ0) is 22.1. The summed E-state index contributed by atoms with van der Waals surface area (Å²) < 4.78 is 41.5. The van der Waals surface area contributed by atoms with Crippen LogP contribution in [0.1, 0.15) is 18.4 Å². The maximum absolute atomic E-state index is 13.8. The molecule has 1 aliphatic heterocycles. The van der Waals surface area contributed by atoms with Crippen molar-refractivity contribution < 1.29 is 13.2 Å². The van der Waals surface area contributed by atoms with Crippen LogP contribution in [0, 0.1) is 0 Å². The van der Waals surface area contributed by atoms with Crippen molar-refractivity contribution in [3.8, 4) is 22.4 Å². The summed E-state index contributed by atoms with van der Waals surface area (Å²) in [7, 11) is 0. The number of piperidine rings is 1. The highest BCUT2D eigenvalue weighted by atomic mass is 19.4. The van der Waals surface area contributed by atoms with Gasteiger partial charge < -0.3 is 15.6 Å². The van der Waals surface area contributed by atoms with Crippen LogP contribution >= 0.6 is 0 Å². The highest BCUT2D eigenvalue weighted by Crippen LogP contribution is 2.39. The summed E-state index contributed by atoms with van der Waals surface area (Å²) in [5.41, 5.74) is 1.69. The predicted molar refractivity (Wildman–Crippen MR) is 115 cm³/mol. The minimum atomic E-state index is -4.59. The van der Waals surface area contributed by atoms with E-state index in [9.17, 15) is 13.2 Å². The fourth-order valence-corrected chi connectivity index (χ4v) is 3.98. The van der Waals surface area contributed by atoms with Crippen LogP contribution in [-0.4, -0.2) is 44.3 Å². The van der Waals surface area contributed by atoms with E-state index in [2.05, 4.69) is 35.8 Å². The number of benzene rings is 1. The van der Waals surface area contributed by atoms with Gasteiger partial charge in [-0.15, -0.1) is 0 Å². The second-order valence-electron chi connectivity index (χ2n) is 7.74. The summed E-state index contributed by atoms with van der Waals surface area (Å²) in [6, 6.07) is 7.41. The second-order valence-corrected chi connectivity index (χ2v) is 7.74. The summed E-state index contributed by atoms with van der Waals surface area (Å²) in [6.07, 6.45) is 2.90. The molecule has 3 aromatic heterocycles. The maximum atomic E-state index is 13.8. The molecule has 164 valence electrons. The van der Waals surface area contributed by atoms with Gasteiger partial charge in [0.2, 0.25) is 5.95 Å². The van der Waals surface area contributed by atoms with Crippen molar-refractivity contribution >= 4 is 16.9 Å². The number of hydrogen-bond acceptors (Lipinski definition) is 6. The number of nitrogens with one attached hydrogen (secondary N) is 3. The van der Waals surface area contributed by atoms with Crippen molar-refractivity contribution in [3.63, 3.8) is 0 Å². The molecular weight excluding hydrogens is 419 g/mol. The molecule has 3 N–H and O–H groups in total. The number of aromatic nitrogens is 5. The maximum Gasteiger partial charge on any atom is 0.419 e. The van der Waals surface area contributed by atoms with Gasteiger partial charge in [-0.3, -0.25) is 0 Å². The van der Waals surface area contributed by atoms with Crippen LogP contribution < -0.4 is 10.6 Å². The third kappa shape index (κ3) is 4.01. The van der Waals surface area contributed by atoms with Crippen LogP contribution in [-0.2, 0) is 6.18 Å². The molecule has 32 heavy (non-hydrogen) atoms. The van der Waals surface area contributed by atoms with Crippen LogP contribution in [0.3, 0.4) is 0 Å². The zero-order valence-corrected chi connectivity index (χ0v) is 16.9. The molecule has 0 saturated carbocycles. The third-order valence-electron chi connectivity index (χ3n) is 5.58. The zero-order valence-electron chi connectivity index (χ0n) is 16.9. The molecule has 1 aromatic carbocycles. The van der Waals surface area contributed by atoms with E-state index in [-0.39, 0.29) is 17.7 Å². The predicted octanol–water partition coefficient (Wildman–Crippen LogP) is 4.26. The van der Waals surface area contributed by atoms with Gasteiger partial charge in [0.25, 0.3) is 0 Å². The topological polar surface area (TPSA) is 91.4 Å². The van der Waals surface area contributed by atoms with Gasteiger partial charge in [-0.05, 0) is 43.1 Å². The first-order valence-corrected chi connectivity index (χ1v) is 10.3. The van der Waals surface area contributed by atoms with E-state index in [1.165, 1.54) is 0 Å². The minimum Gasteiger partial charge on any atom is -0.360 e. The lowest BCUT2D eigenvalue weighted by Crippen LogP contribution is -2.38. The van der Waals surface area contributed by atoms with Gasteiger partial charge in [0, 0.05) is 47.0 Å². The van der Waals surface area contributed by atoms with Crippen LogP contribution in [0.25, 0.3) is 33.3 Å². The Kier molecular flexibility index (Phi) is 5.22. The van der Waals surface area contributed by atoms with Crippen molar-refractivity contribution in [3.05, 3.63) is 54.6 Å². The van der Waals surface area contributed by atoms with E-state index in [0.29, 0.717) is 16.5 Å². The van der Waals surface area contributed by atoms with Gasteiger partial charge in [0.05, 0.1) is 18.1 Å². The van der Waals surface area contributed by atoms with E-state index in [0.717, 1.165) is 43.3 Å². The smallest absolute Gasteiger partial charge is 0.360 e. The fourth-order valence-electron chi connectivity index (χ4n) is 3.98. The first-order valence-electron chi connectivity index (χ1n) is 10.3. The highest BCUT2D eigenvalue weighted by molar-refractivity contribution is 5.97. The first-order chi connectivity index (χ1) is 15.5. The molecule has 0 radical (unpaired) electrons. The van der Waals surface area contributed by atoms with E-state index >= 15 is 0 Å². The molecule has 0 unspecified atom stereocenters. The number of rotatable bonds is 4. The van der Waals surface area contributed by atoms with Crippen LogP contribution in [0.4, 0.5) is 19.1 Å². The van der Waals surface area contributed by atoms with Gasteiger partial charge in [-0.1, -0.05) is 6.07 Å². The molecule has 10 heteroatoms. The number of aromatic amines is 1. The number of anilines is 1. The number of nitrogens with zero attached hydrogens (tertiary/aromatic N) is 4. The van der Waals surface area contributed by atoms with Crippen LogP contribution in [0.5, 0.6) is 0 Å².